The lowest BCUT2D eigenvalue weighted by atomic mass is 10.2. The smallest absolute Gasteiger partial charge is 0.161 e. The maximum atomic E-state index is 5.61. The standard InChI is InChI=1S/C18H19N3O2/c1-2-4-15-14(3-1)20-18(21-15)7-8-19-12-13-5-6-16-17(11-13)23-10-9-22-16/h1-6,11,19H,7-10,12H2,(H,20,21). The molecular formula is C18H19N3O2. The molecule has 0 aliphatic carbocycles. The number of hydrogen-bond donors (Lipinski definition) is 2. The predicted octanol–water partition coefficient (Wildman–Crippen LogP) is 2.67. The molecule has 0 spiro atoms. The van der Waals surface area contributed by atoms with Gasteiger partial charge in [-0.1, -0.05) is 18.2 Å². The molecule has 0 saturated heterocycles. The van der Waals surface area contributed by atoms with E-state index in [0.29, 0.717) is 13.2 Å². The molecule has 4 rings (SSSR count). The summed E-state index contributed by atoms with van der Waals surface area (Å²) in [6.45, 7) is 2.92. The summed E-state index contributed by atoms with van der Waals surface area (Å²) in [6, 6.07) is 14.2. The van der Waals surface area contributed by atoms with Crippen LogP contribution in [0.3, 0.4) is 0 Å². The first kappa shape index (κ1) is 14.1. The first-order chi connectivity index (χ1) is 11.4. The Morgan fingerprint density at radius 3 is 2.83 bits per heavy atom. The molecule has 2 N–H and O–H groups in total. The van der Waals surface area contributed by atoms with Crippen LogP contribution in [0, 0.1) is 0 Å². The lowest BCUT2D eigenvalue weighted by molar-refractivity contribution is 0.171. The summed E-state index contributed by atoms with van der Waals surface area (Å²) < 4.78 is 11.1. The lowest BCUT2D eigenvalue weighted by Gasteiger charge is -2.18. The zero-order valence-electron chi connectivity index (χ0n) is 12.8. The number of ether oxygens (including phenoxy) is 2. The van der Waals surface area contributed by atoms with E-state index in [1.165, 1.54) is 5.56 Å². The minimum Gasteiger partial charge on any atom is -0.486 e. The van der Waals surface area contributed by atoms with Gasteiger partial charge in [-0.2, -0.15) is 0 Å². The molecule has 0 unspecified atom stereocenters. The summed E-state index contributed by atoms with van der Waals surface area (Å²) >= 11 is 0. The largest absolute Gasteiger partial charge is 0.486 e. The number of aromatic amines is 1. The second-order valence-electron chi connectivity index (χ2n) is 5.61. The quantitative estimate of drug-likeness (QED) is 0.711. The Morgan fingerprint density at radius 2 is 1.91 bits per heavy atom. The van der Waals surface area contributed by atoms with Crippen LogP contribution in [0.5, 0.6) is 11.5 Å². The van der Waals surface area contributed by atoms with Crippen LogP contribution >= 0.6 is 0 Å². The van der Waals surface area contributed by atoms with Crippen LogP contribution in [-0.2, 0) is 13.0 Å². The minimum atomic E-state index is 0.621. The van der Waals surface area contributed by atoms with E-state index in [4.69, 9.17) is 9.47 Å². The van der Waals surface area contributed by atoms with Crippen LogP contribution in [0.25, 0.3) is 11.0 Å². The van der Waals surface area contributed by atoms with Crippen molar-refractivity contribution >= 4 is 11.0 Å². The molecule has 1 aromatic heterocycles. The van der Waals surface area contributed by atoms with Gasteiger partial charge in [-0.05, 0) is 29.8 Å². The van der Waals surface area contributed by atoms with Crippen LogP contribution in [-0.4, -0.2) is 29.7 Å². The highest BCUT2D eigenvalue weighted by Gasteiger charge is 2.11. The van der Waals surface area contributed by atoms with Crippen molar-refractivity contribution in [3.05, 3.63) is 53.9 Å². The monoisotopic (exact) mass is 309 g/mol. The van der Waals surface area contributed by atoms with Crippen LogP contribution in [0.1, 0.15) is 11.4 Å². The van der Waals surface area contributed by atoms with E-state index < -0.39 is 0 Å². The first-order valence-electron chi connectivity index (χ1n) is 7.91. The number of nitrogens with zero attached hydrogens (tertiary/aromatic N) is 1. The third-order valence-electron chi connectivity index (χ3n) is 3.91. The van der Waals surface area contributed by atoms with Crippen molar-refractivity contribution < 1.29 is 9.47 Å². The maximum Gasteiger partial charge on any atom is 0.161 e. The van der Waals surface area contributed by atoms with E-state index in [-0.39, 0.29) is 0 Å². The van der Waals surface area contributed by atoms with Crippen LogP contribution in [0.15, 0.2) is 42.5 Å². The molecule has 5 nitrogen and oxygen atoms in total. The van der Waals surface area contributed by atoms with Gasteiger partial charge >= 0.3 is 0 Å². The molecule has 5 heteroatoms. The van der Waals surface area contributed by atoms with Gasteiger partial charge < -0.3 is 19.8 Å². The topological polar surface area (TPSA) is 59.2 Å². The highest BCUT2D eigenvalue weighted by Crippen LogP contribution is 2.30. The third-order valence-corrected chi connectivity index (χ3v) is 3.91. The number of rotatable bonds is 5. The van der Waals surface area contributed by atoms with Crippen molar-refractivity contribution in [2.45, 2.75) is 13.0 Å². The fourth-order valence-electron chi connectivity index (χ4n) is 2.76. The lowest BCUT2D eigenvalue weighted by Crippen LogP contribution is -2.18. The molecule has 0 bridgehead atoms. The summed E-state index contributed by atoms with van der Waals surface area (Å²) in [6.07, 6.45) is 0.874. The van der Waals surface area contributed by atoms with Gasteiger partial charge in [-0.25, -0.2) is 4.98 Å². The van der Waals surface area contributed by atoms with Crippen molar-refractivity contribution in [3.63, 3.8) is 0 Å². The minimum absolute atomic E-state index is 0.621. The summed E-state index contributed by atoms with van der Waals surface area (Å²) in [4.78, 5) is 7.93. The SMILES string of the molecule is c1ccc2[nH]c(CCNCc3ccc4c(c3)OCCO4)nc2c1. The number of aromatic nitrogens is 2. The predicted molar refractivity (Wildman–Crippen MR) is 88.9 cm³/mol. The molecule has 23 heavy (non-hydrogen) atoms. The molecule has 0 fully saturated rings. The molecule has 118 valence electrons. The summed E-state index contributed by atoms with van der Waals surface area (Å²) in [5.74, 6) is 2.69. The van der Waals surface area contributed by atoms with Crippen LogP contribution in [0.4, 0.5) is 0 Å². The fourth-order valence-corrected chi connectivity index (χ4v) is 2.76. The van der Waals surface area contributed by atoms with E-state index in [2.05, 4.69) is 27.4 Å². The molecule has 0 saturated carbocycles. The number of benzene rings is 2. The maximum absolute atomic E-state index is 5.61. The van der Waals surface area contributed by atoms with Gasteiger partial charge in [0.2, 0.25) is 0 Å². The van der Waals surface area contributed by atoms with E-state index in [0.717, 1.165) is 47.9 Å². The molecule has 1 aliphatic heterocycles. The molecule has 2 aromatic carbocycles. The first-order valence-corrected chi connectivity index (χ1v) is 7.91. The van der Waals surface area contributed by atoms with Gasteiger partial charge in [-0.15, -0.1) is 0 Å². The zero-order chi connectivity index (χ0) is 15.5. The zero-order valence-corrected chi connectivity index (χ0v) is 12.8. The summed E-state index contributed by atoms with van der Waals surface area (Å²) in [7, 11) is 0. The average Bonchev–Trinajstić information content (AvgIpc) is 3.01. The molecule has 0 radical (unpaired) electrons. The van der Waals surface area contributed by atoms with Crippen molar-refractivity contribution in [1.29, 1.82) is 0 Å². The Hall–Kier alpha value is -2.53. The molecular weight excluding hydrogens is 290 g/mol. The van der Waals surface area contributed by atoms with Crippen molar-refractivity contribution in [2.75, 3.05) is 19.8 Å². The third kappa shape index (κ3) is 3.14. The van der Waals surface area contributed by atoms with Crippen molar-refractivity contribution in [2.24, 2.45) is 0 Å². The summed E-state index contributed by atoms with van der Waals surface area (Å²) in [5.41, 5.74) is 3.31. The van der Waals surface area contributed by atoms with Crippen molar-refractivity contribution in [1.82, 2.24) is 15.3 Å². The fraction of sp³-hybridized carbons (Fsp3) is 0.278. The number of para-hydroxylation sites is 2. The Kier molecular flexibility index (Phi) is 3.86. The Bertz CT molecular complexity index is 780. The Balaban J connectivity index is 1.31. The van der Waals surface area contributed by atoms with Crippen LogP contribution in [0.2, 0.25) is 0 Å². The van der Waals surface area contributed by atoms with E-state index in [1.807, 2.05) is 30.3 Å². The number of imidazole rings is 1. The van der Waals surface area contributed by atoms with E-state index >= 15 is 0 Å². The second kappa shape index (κ2) is 6.30. The number of nitrogens with one attached hydrogen (secondary N) is 2. The van der Waals surface area contributed by atoms with Gasteiger partial charge in [0, 0.05) is 19.5 Å². The number of fused-ring (bicyclic) bond motifs is 2. The van der Waals surface area contributed by atoms with E-state index in [1.54, 1.807) is 0 Å². The highest BCUT2D eigenvalue weighted by atomic mass is 16.6. The van der Waals surface area contributed by atoms with Gasteiger partial charge in [0.05, 0.1) is 11.0 Å². The molecule has 3 aromatic rings. The Morgan fingerprint density at radius 1 is 1.04 bits per heavy atom. The second-order valence-corrected chi connectivity index (χ2v) is 5.61. The normalized spacial score (nSPS) is 13.4. The molecule has 0 atom stereocenters. The van der Waals surface area contributed by atoms with Gasteiger partial charge in [0.1, 0.15) is 19.0 Å². The average molecular weight is 309 g/mol. The number of H-pyrrole nitrogens is 1. The van der Waals surface area contributed by atoms with Gasteiger partial charge in [0.15, 0.2) is 11.5 Å². The molecule has 1 aliphatic rings. The van der Waals surface area contributed by atoms with Crippen LogP contribution < -0.4 is 14.8 Å². The molecule has 2 heterocycles. The molecule has 0 amide bonds. The van der Waals surface area contributed by atoms with E-state index in [9.17, 15) is 0 Å². The Labute approximate surface area is 134 Å². The van der Waals surface area contributed by atoms with Gasteiger partial charge in [0.25, 0.3) is 0 Å². The van der Waals surface area contributed by atoms with Crippen molar-refractivity contribution in [3.8, 4) is 11.5 Å². The summed E-state index contributed by atoms with van der Waals surface area (Å²) in [5, 5.41) is 3.44. The number of hydrogen-bond acceptors (Lipinski definition) is 4. The van der Waals surface area contributed by atoms with Gasteiger partial charge in [-0.3, -0.25) is 0 Å². The highest BCUT2D eigenvalue weighted by molar-refractivity contribution is 5.74.